The van der Waals surface area contributed by atoms with E-state index in [0.717, 1.165) is 29.6 Å². The standard InChI is InChI=1S/C19H15ClF3N3OS/c20-11-1-6-16-15(9-11)14-7-8-26(10-17(14)25-16)18(28)24-12-2-4-13(5-3-12)27-19(21,22)23/h1-6,9,25H,7-8,10H2,(H,24,28). The Hall–Kier alpha value is -2.45. The van der Waals surface area contributed by atoms with Crippen LogP contribution < -0.4 is 10.1 Å². The minimum atomic E-state index is -4.71. The summed E-state index contributed by atoms with van der Waals surface area (Å²) < 4.78 is 40.6. The van der Waals surface area contributed by atoms with Crippen molar-refractivity contribution in [3.63, 3.8) is 0 Å². The Labute approximate surface area is 169 Å². The number of hydrogen-bond donors (Lipinski definition) is 2. The van der Waals surface area contributed by atoms with Gasteiger partial charge >= 0.3 is 6.36 Å². The summed E-state index contributed by atoms with van der Waals surface area (Å²) >= 11 is 11.6. The number of aromatic nitrogens is 1. The monoisotopic (exact) mass is 425 g/mol. The van der Waals surface area contributed by atoms with Gasteiger partial charge in [-0.15, -0.1) is 13.2 Å². The average Bonchev–Trinajstić information content (AvgIpc) is 2.99. The molecule has 4 rings (SSSR count). The SMILES string of the molecule is FC(F)(F)Oc1ccc(NC(=S)N2CCc3c([nH]c4ccc(Cl)cc34)C2)cc1. The van der Waals surface area contributed by atoms with Crippen LogP contribution in [0.3, 0.4) is 0 Å². The average molecular weight is 426 g/mol. The van der Waals surface area contributed by atoms with Gasteiger partial charge in [0.15, 0.2) is 5.11 Å². The molecule has 0 amide bonds. The van der Waals surface area contributed by atoms with E-state index < -0.39 is 6.36 Å². The number of hydrogen-bond acceptors (Lipinski definition) is 2. The molecule has 0 radical (unpaired) electrons. The van der Waals surface area contributed by atoms with Gasteiger partial charge in [-0.2, -0.15) is 0 Å². The molecule has 0 spiro atoms. The lowest BCUT2D eigenvalue weighted by Crippen LogP contribution is -2.38. The molecular formula is C19H15ClF3N3OS. The van der Waals surface area contributed by atoms with Crippen LogP contribution in [0.4, 0.5) is 18.9 Å². The maximum absolute atomic E-state index is 12.2. The first-order chi connectivity index (χ1) is 13.3. The number of aromatic amines is 1. The topological polar surface area (TPSA) is 40.3 Å². The zero-order chi connectivity index (χ0) is 19.9. The number of rotatable bonds is 2. The van der Waals surface area contributed by atoms with Crippen LogP contribution in [-0.2, 0) is 13.0 Å². The van der Waals surface area contributed by atoms with Crippen LogP contribution in [0.5, 0.6) is 5.75 Å². The van der Waals surface area contributed by atoms with Crippen molar-refractivity contribution in [2.45, 2.75) is 19.3 Å². The number of nitrogens with one attached hydrogen (secondary N) is 2. The predicted octanol–water partition coefficient (Wildman–Crippen LogP) is 5.48. The molecule has 2 heterocycles. The maximum Gasteiger partial charge on any atom is 0.573 e. The van der Waals surface area contributed by atoms with Crippen molar-refractivity contribution in [2.75, 3.05) is 11.9 Å². The Morgan fingerprint density at radius 2 is 1.93 bits per heavy atom. The third kappa shape index (κ3) is 4.02. The number of thiocarbonyl (C=S) groups is 1. The Morgan fingerprint density at radius 1 is 1.18 bits per heavy atom. The van der Waals surface area contributed by atoms with Gasteiger partial charge in [-0.1, -0.05) is 11.6 Å². The third-order valence-corrected chi connectivity index (χ3v) is 5.16. The molecule has 0 unspecified atom stereocenters. The summed E-state index contributed by atoms with van der Waals surface area (Å²) in [6, 6.07) is 11.2. The molecule has 1 aliphatic heterocycles. The van der Waals surface area contributed by atoms with Gasteiger partial charge in [-0.3, -0.25) is 0 Å². The molecule has 3 aromatic rings. The van der Waals surface area contributed by atoms with Crippen molar-refractivity contribution in [3.05, 3.63) is 58.7 Å². The molecule has 1 aromatic heterocycles. The fourth-order valence-electron chi connectivity index (χ4n) is 3.33. The molecule has 1 aliphatic rings. The van der Waals surface area contributed by atoms with E-state index in [1.165, 1.54) is 29.8 Å². The highest BCUT2D eigenvalue weighted by Crippen LogP contribution is 2.30. The van der Waals surface area contributed by atoms with E-state index in [1.807, 2.05) is 23.1 Å². The van der Waals surface area contributed by atoms with Crippen molar-refractivity contribution >= 4 is 45.5 Å². The first-order valence-electron chi connectivity index (χ1n) is 8.49. The molecule has 4 nitrogen and oxygen atoms in total. The summed E-state index contributed by atoms with van der Waals surface area (Å²) in [7, 11) is 0. The first kappa shape index (κ1) is 18.9. The third-order valence-electron chi connectivity index (χ3n) is 4.56. The van der Waals surface area contributed by atoms with Gasteiger partial charge in [0, 0.05) is 33.9 Å². The lowest BCUT2D eigenvalue weighted by Gasteiger charge is -2.29. The van der Waals surface area contributed by atoms with Gasteiger partial charge in [-0.25, -0.2) is 0 Å². The Bertz CT molecular complexity index is 1030. The van der Waals surface area contributed by atoms with Crippen LogP contribution in [0.25, 0.3) is 10.9 Å². The fraction of sp³-hybridized carbons (Fsp3) is 0.211. The zero-order valence-corrected chi connectivity index (χ0v) is 16.0. The van der Waals surface area contributed by atoms with Crippen molar-refractivity contribution in [3.8, 4) is 5.75 Å². The molecule has 2 aromatic carbocycles. The van der Waals surface area contributed by atoms with Crippen molar-refractivity contribution < 1.29 is 17.9 Å². The highest BCUT2D eigenvalue weighted by molar-refractivity contribution is 7.80. The van der Waals surface area contributed by atoms with Gasteiger partial charge in [-0.05, 0) is 66.7 Å². The lowest BCUT2D eigenvalue weighted by atomic mass is 10.0. The zero-order valence-electron chi connectivity index (χ0n) is 14.4. The molecule has 0 atom stereocenters. The minimum absolute atomic E-state index is 0.275. The molecule has 0 saturated heterocycles. The van der Waals surface area contributed by atoms with Crippen LogP contribution >= 0.6 is 23.8 Å². The van der Waals surface area contributed by atoms with Crippen LogP contribution in [0.1, 0.15) is 11.3 Å². The van der Waals surface area contributed by atoms with Crippen LogP contribution in [0.15, 0.2) is 42.5 Å². The molecule has 0 bridgehead atoms. The summed E-state index contributed by atoms with van der Waals surface area (Å²) in [5, 5.41) is 5.39. The molecule has 2 N–H and O–H groups in total. The van der Waals surface area contributed by atoms with Crippen molar-refractivity contribution in [1.82, 2.24) is 9.88 Å². The second-order valence-electron chi connectivity index (χ2n) is 6.45. The van der Waals surface area contributed by atoms with Crippen molar-refractivity contribution in [2.24, 2.45) is 0 Å². The molecule has 0 fully saturated rings. The lowest BCUT2D eigenvalue weighted by molar-refractivity contribution is -0.274. The molecular weight excluding hydrogens is 411 g/mol. The number of alkyl halides is 3. The van der Waals surface area contributed by atoms with E-state index in [0.29, 0.717) is 22.4 Å². The van der Waals surface area contributed by atoms with Gasteiger partial charge in [0.1, 0.15) is 5.75 Å². The smallest absolute Gasteiger partial charge is 0.406 e. The number of H-pyrrole nitrogens is 1. The van der Waals surface area contributed by atoms with Crippen molar-refractivity contribution in [1.29, 1.82) is 0 Å². The summed E-state index contributed by atoms with van der Waals surface area (Å²) in [6.45, 7) is 1.34. The molecule has 0 aliphatic carbocycles. The quantitative estimate of drug-likeness (QED) is 0.534. The van der Waals surface area contributed by atoms with Crippen LogP contribution in [0, 0.1) is 0 Å². The summed E-state index contributed by atoms with van der Waals surface area (Å²) in [5.41, 5.74) is 3.95. The summed E-state index contributed by atoms with van der Waals surface area (Å²) in [5.74, 6) is -0.275. The largest absolute Gasteiger partial charge is 0.573 e. The number of nitrogens with zero attached hydrogens (tertiary/aromatic N) is 1. The van der Waals surface area contributed by atoms with E-state index in [9.17, 15) is 13.2 Å². The van der Waals surface area contributed by atoms with E-state index in [-0.39, 0.29) is 5.75 Å². The summed E-state index contributed by atoms with van der Waals surface area (Å²) in [4.78, 5) is 5.42. The Balaban J connectivity index is 1.44. The van der Waals surface area contributed by atoms with Crippen LogP contribution in [0.2, 0.25) is 5.02 Å². The molecule has 28 heavy (non-hydrogen) atoms. The normalized spacial score (nSPS) is 14.1. The van der Waals surface area contributed by atoms with E-state index in [4.69, 9.17) is 23.8 Å². The Morgan fingerprint density at radius 3 is 2.64 bits per heavy atom. The first-order valence-corrected chi connectivity index (χ1v) is 9.28. The second-order valence-corrected chi connectivity index (χ2v) is 7.27. The van der Waals surface area contributed by atoms with E-state index in [2.05, 4.69) is 15.0 Å². The van der Waals surface area contributed by atoms with E-state index >= 15 is 0 Å². The van der Waals surface area contributed by atoms with Crippen LogP contribution in [-0.4, -0.2) is 27.9 Å². The fourth-order valence-corrected chi connectivity index (χ4v) is 3.77. The van der Waals surface area contributed by atoms with Gasteiger partial charge in [0.05, 0.1) is 6.54 Å². The van der Waals surface area contributed by atoms with Gasteiger partial charge in [0.25, 0.3) is 0 Å². The number of fused-ring (bicyclic) bond motifs is 3. The number of halogens is 4. The second kappa shape index (κ2) is 7.18. The maximum atomic E-state index is 12.2. The number of benzene rings is 2. The van der Waals surface area contributed by atoms with E-state index in [1.54, 1.807) is 0 Å². The Kier molecular flexibility index (Phi) is 4.84. The highest BCUT2D eigenvalue weighted by Gasteiger charge is 2.31. The highest BCUT2D eigenvalue weighted by atomic mass is 35.5. The molecule has 0 saturated carbocycles. The van der Waals surface area contributed by atoms with Gasteiger partial charge in [0.2, 0.25) is 0 Å². The number of ether oxygens (including phenoxy) is 1. The number of anilines is 1. The minimum Gasteiger partial charge on any atom is -0.406 e. The summed E-state index contributed by atoms with van der Waals surface area (Å²) in [6.07, 6.45) is -3.89. The molecule has 146 valence electrons. The molecule has 9 heteroatoms. The predicted molar refractivity (Wildman–Crippen MR) is 107 cm³/mol. The van der Waals surface area contributed by atoms with Gasteiger partial charge < -0.3 is 19.9 Å².